The van der Waals surface area contributed by atoms with Crippen LogP contribution in [0.25, 0.3) is 0 Å². The molecule has 1 aliphatic carbocycles. The molecule has 0 unspecified atom stereocenters. The molecule has 1 atom stereocenters. The summed E-state index contributed by atoms with van der Waals surface area (Å²) in [6.45, 7) is 5.37. The monoisotopic (exact) mass is 565 g/mol. The van der Waals surface area contributed by atoms with Gasteiger partial charge in [0, 0.05) is 12.0 Å². The lowest BCUT2D eigenvalue weighted by atomic mass is 9.84. The van der Waals surface area contributed by atoms with Crippen LogP contribution in [0.5, 0.6) is 11.5 Å². The SMILES string of the molecule is COc1ccc(S(=O)(=O)NC(=O)c2noc([C@@H](CCCC3CCCCC3)CC(=O)OC(C)(C)C)n2)cc1OC. The molecule has 216 valence electrons. The normalized spacial score (nSPS) is 15.4. The highest BCUT2D eigenvalue weighted by atomic mass is 32.2. The number of aromatic nitrogens is 2. The first-order chi connectivity index (χ1) is 18.4. The molecule has 1 aromatic heterocycles. The van der Waals surface area contributed by atoms with Crippen LogP contribution < -0.4 is 14.2 Å². The number of nitrogens with zero attached hydrogens (tertiary/aromatic N) is 2. The summed E-state index contributed by atoms with van der Waals surface area (Å²) in [5.74, 6) is -1.08. The second-order valence-corrected chi connectivity index (χ2v) is 12.5. The maximum absolute atomic E-state index is 12.8. The molecule has 39 heavy (non-hydrogen) atoms. The van der Waals surface area contributed by atoms with Gasteiger partial charge in [-0.3, -0.25) is 9.59 Å². The fourth-order valence-corrected chi connectivity index (χ4v) is 5.69. The van der Waals surface area contributed by atoms with Gasteiger partial charge in [0.2, 0.25) is 5.89 Å². The number of benzene rings is 1. The van der Waals surface area contributed by atoms with Gasteiger partial charge in [-0.15, -0.1) is 0 Å². The maximum Gasteiger partial charge on any atom is 0.307 e. The molecule has 2 aromatic rings. The van der Waals surface area contributed by atoms with E-state index in [1.54, 1.807) is 20.8 Å². The largest absolute Gasteiger partial charge is 0.493 e. The second-order valence-electron chi connectivity index (χ2n) is 10.8. The molecule has 1 aliphatic rings. The van der Waals surface area contributed by atoms with E-state index < -0.39 is 39.2 Å². The van der Waals surface area contributed by atoms with E-state index in [0.717, 1.165) is 12.8 Å². The van der Waals surface area contributed by atoms with Crippen molar-refractivity contribution in [1.29, 1.82) is 0 Å². The molecule has 1 aromatic carbocycles. The first-order valence-corrected chi connectivity index (χ1v) is 14.7. The van der Waals surface area contributed by atoms with Crippen molar-refractivity contribution in [2.45, 2.75) is 95.0 Å². The minimum atomic E-state index is -4.27. The molecule has 0 aliphatic heterocycles. The van der Waals surface area contributed by atoms with Crippen molar-refractivity contribution in [3.05, 3.63) is 29.9 Å². The van der Waals surface area contributed by atoms with E-state index in [9.17, 15) is 18.0 Å². The fraction of sp³-hybridized carbons (Fsp3) is 0.630. The molecule has 0 saturated heterocycles. The Kier molecular flexibility index (Phi) is 10.3. The van der Waals surface area contributed by atoms with E-state index in [0.29, 0.717) is 18.1 Å². The molecule has 0 radical (unpaired) electrons. The number of sulfonamides is 1. The van der Waals surface area contributed by atoms with Crippen molar-refractivity contribution < 1.29 is 36.7 Å². The molecule has 1 amide bonds. The number of hydrogen-bond donors (Lipinski definition) is 1. The topological polar surface area (TPSA) is 147 Å². The van der Waals surface area contributed by atoms with Gasteiger partial charge >= 0.3 is 11.9 Å². The minimum Gasteiger partial charge on any atom is -0.493 e. The van der Waals surface area contributed by atoms with Crippen LogP contribution >= 0.6 is 0 Å². The summed E-state index contributed by atoms with van der Waals surface area (Å²) in [5.41, 5.74) is -0.651. The Labute approximate surface area is 230 Å². The van der Waals surface area contributed by atoms with E-state index in [4.69, 9.17) is 18.7 Å². The number of nitrogens with one attached hydrogen (secondary N) is 1. The third kappa shape index (κ3) is 8.94. The molecular weight excluding hydrogens is 526 g/mol. The molecule has 0 bridgehead atoms. The summed E-state index contributed by atoms with van der Waals surface area (Å²) in [5, 5.41) is 3.70. The van der Waals surface area contributed by atoms with Gasteiger partial charge in [0.15, 0.2) is 11.5 Å². The van der Waals surface area contributed by atoms with Gasteiger partial charge in [0.25, 0.3) is 15.8 Å². The number of methoxy groups -OCH3 is 2. The van der Waals surface area contributed by atoms with Crippen LogP contribution in [0.3, 0.4) is 0 Å². The van der Waals surface area contributed by atoms with Gasteiger partial charge in [-0.05, 0) is 45.2 Å². The fourth-order valence-electron chi connectivity index (χ4n) is 4.73. The van der Waals surface area contributed by atoms with Gasteiger partial charge in [-0.2, -0.15) is 4.98 Å². The minimum absolute atomic E-state index is 0.00906. The number of esters is 1. The van der Waals surface area contributed by atoms with E-state index in [1.165, 1.54) is 64.5 Å². The van der Waals surface area contributed by atoms with Crippen molar-refractivity contribution in [1.82, 2.24) is 14.9 Å². The summed E-state index contributed by atoms with van der Waals surface area (Å²) in [6.07, 6.45) is 8.73. The Morgan fingerprint density at radius 1 is 1.10 bits per heavy atom. The van der Waals surface area contributed by atoms with Crippen LogP contribution in [0, 0.1) is 5.92 Å². The van der Waals surface area contributed by atoms with Crippen molar-refractivity contribution in [2.75, 3.05) is 14.2 Å². The summed E-state index contributed by atoms with van der Waals surface area (Å²) in [6, 6.07) is 3.93. The average molecular weight is 566 g/mol. The van der Waals surface area contributed by atoms with Crippen molar-refractivity contribution in [2.24, 2.45) is 5.92 Å². The highest BCUT2D eigenvalue weighted by molar-refractivity contribution is 7.90. The van der Waals surface area contributed by atoms with Gasteiger partial charge in [0.1, 0.15) is 5.60 Å². The van der Waals surface area contributed by atoms with Crippen LogP contribution in [0.1, 0.15) is 101 Å². The number of hydrogen-bond acceptors (Lipinski definition) is 10. The average Bonchev–Trinajstić information content (AvgIpc) is 3.37. The van der Waals surface area contributed by atoms with Crippen molar-refractivity contribution in [3.63, 3.8) is 0 Å². The first-order valence-electron chi connectivity index (χ1n) is 13.3. The van der Waals surface area contributed by atoms with E-state index in [-0.39, 0.29) is 23.0 Å². The van der Waals surface area contributed by atoms with Crippen LogP contribution in [0.4, 0.5) is 0 Å². The number of ether oxygens (including phenoxy) is 3. The number of amides is 1. The summed E-state index contributed by atoms with van der Waals surface area (Å²) in [7, 11) is -1.48. The van der Waals surface area contributed by atoms with E-state index in [1.807, 2.05) is 4.72 Å². The van der Waals surface area contributed by atoms with Gasteiger partial charge in [0.05, 0.1) is 25.5 Å². The number of carbonyl (C=O) groups is 2. The highest BCUT2D eigenvalue weighted by Crippen LogP contribution is 2.32. The predicted molar refractivity (Wildman–Crippen MR) is 142 cm³/mol. The maximum atomic E-state index is 12.8. The molecule has 3 rings (SSSR count). The zero-order valence-electron chi connectivity index (χ0n) is 23.3. The summed E-state index contributed by atoms with van der Waals surface area (Å²) in [4.78, 5) is 29.3. The Bertz CT molecular complexity index is 1230. The van der Waals surface area contributed by atoms with Crippen molar-refractivity contribution in [3.8, 4) is 11.5 Å². The lowest BCUT2D eigenvalue weighted by Gasteiger charge is -2.23. The smallest absolute Gasteiger partial charge is 0.307 e. The summed E-state index contributed by atoms with van der Waals surface area (Å²) >= 11 is 0. The lowest BCUT2D eigenvalue weighted by Crippen LogP contribution is -2.31. The molecule has 1 fully saturated rings. The molecule has 12 heteroatoms. The lowest BCUT2D eigenvalue weighted by molar-refractivity contribution is -0.155. The van der Waals surface area contributed by atoms with E-state index in [2.05, 4.69) is 10.1 Å². The van der Waals surface area contributed by atoms with Crippen LogP contribution in [-0.2, 0) is 19.6 Å². The Balaban J connectivity index is 1.72. The zero-order chi connectivity index (χ0) is 28.6. The third-order valence-corrected chi connectivity index (χ3v) is 7.94. The van der Waals surface area contributed by atoms with Crippen molar-refractivity contribution >= 4 is 21.9 Å². The molecular formula is C27H39N3O8S. The van der Waals surface area contributed by atoms with Crippen LogP contribution in [0.2, 0.25) is 0 Å². The van der Waals surface area contributed by atoms with Gasteiger partial charge in [-0.25, -0.2) is 13.1 Å². The molecule has 11 nitrogen and oxygen atoms in total. The number of rotatable bonds is 12. The van der Waals surface area contributed by atoms with Gasteiger partial charge < -0.3 is 18.7 Å². The zero-order valence-corrected chi connectivity index (χ0v) is 24.1. The Morgan fingerprint density at radius 3 is 2.44 bits per heavy atom. The predicted octanol–water partition coefficient (Wildman–Crippen LogP) is 4.77. The van der Waals surface area contributed by atoms with Crippen LogP contribution in [-0.4, -0.2) is 50.3 Å². The molecule has 1 heterocycles. The first kappa shape index (κ1) is 30.4. The Hall–Kier alpha value is -3.15. The highest BCUT2D eigenvalue weighted by Gasteiger charge is 2.29. The summed E-state index contributed by atoms with van der Waals surface area (Å²) < 4.78 is 48.7. The second kappa shape index (κ2) is 13.3. The molecule has 0 spiro atoms. The standard InChI is InChI=1S/C27H39N3O8S/c1-27(2,3)37-23(31)16-19(13-9-12-18-10-7-6-8-11-18)26-28-24(29-38-26)25(32)30-39(33,34)20-14-15-21(35-4)22(17-20)36-5/h14-15,17-19H,6-13,16H2,1-5H3,(H,30,32)/t19-/m0/s1. The van der Waals surface area contributed by atoms with E-state index >= 15 is 0 Å². The third-order valence-electron chi connectivity index (χ3n) is 6.61. The molecule has 1 N–H and O–H groups in total. The quantitative estimate of drug-likeness (QED) is 0.357. The van der Waals surface area contributed by atoms with Gasteiger partial charge in [-0.1, -0.05) is 50.1 Å². The number of carbonyl (C=O) groups excluding carboxylic acids is 2. The Morgan fingerprint density at radius 2 is 1.79 bits per heavy atom. The molecule has 1 saturated carbocycles. The van der Waals surface area contributed by atoms with Crippen LogP contribution in [0.15, 0.2) is 27.6 Å².